The summed E-state index contributed by atoms with van der Waals surface area (Å²) in [5.41, 5.74) is 3.67. The van der Waals surface area contributed by atoms with Gasteiger partial charge in [-0.1, -0.05) is 0 Å². The number of rotatable bonds is 3. The van der Waals surface area contributed by atoms with Crippen LogP contribution in [0.4, 0.5) is 19.1 Å². The van der Waals surface area contributed by atoms with Gasteiger partial charge in [-0.3, -0.25) is 4.98 Å². The molecule has 0 spiro atoms. The predicted molar refractivity (Wildman–Crippen MR) is 90.7 cm³/mol. The lowest BCUT2D eigenvalue weighted by molar-refractivity contribution is -0.138. The van der Waals surface area contributed by atoms with Crippen molar-refractivity contribution in [2.75, 3.05) is 5.32 Å². The Hall–Kier alpha value is -3.23. The van der Waals surface area contributed by atoms with Crippen molar-refractivity contribution in [1.82, 2.24) is 24.6 Å². The summed E-state index contributed by atoms with van der Waals surface area (Å²) in [6.45, 7) is 1.02. The van der Waals surface area contributed by atoms with E-state index in [0.717, 1.165) is 23.5 Å². The van der Waals surface area contributed by atoms with E-state index < -0.39 is 12.2 Å². The van der Waals surface area contributed by atoms with Crippen LogP contribution in [0, 0.1) is 0 Å². The normalized spacial score (nSPS) is 13.2. The summed E-state index contributed by atoms with van der Waals surface area (Å²) in [5.74, 6) is -0.0971. The summed E-state index contributed by atoms with van der Waals surface area (Å²) in [6.07, 6.45) is 0.457. The van der Waals surface area contributed by atoms with Crippen LogP contribution in [0.2, 0.25) is 0 Å². The van der Waals surface area contributed by atoms with E-state index >= 15 is 0 Å². The van der Waals surface area contributed by atoms with Crippen molar-refractivity contribution in [3.8, 4) is 11.3 Å². The second-order valence-electron chi connectivity index (χ2n) is 5.79. The van der Waals surface area contributed by atoms with Gasteiger partial charge >= 0.3 is 6.18 Å². The Morgan fingerprint density at radius 2 is 1.92 bits per heavy atom. The molecule has 4 aromatic heterocycles. The molecule has 0 aromatic carbocycles. The van der Waals surface area contributed by atoms with Gasteiger partial charge in [0.2, 0.25) is 5.95 Å². The average Bonchev–Trinajstić information content (AvgIpc) is 3.03. The molecule has 0 aliphatic heterocycles. The SMILES string of the molecule is C[C@@H](Nc1ncc2c(-c3ccc4ncccc4n3)ccn2n1)C(F)(F)F. The Kier molecular flexibility index (Phi) is 3.71. The lowest BCUT2D eigenvalue weighted by Crippen LogP contribution is -2.33. The monoisotopic (exact) mass is 358 g/mol. The standard InChI is InChI=1S/C17H13F3N6/c1-10(17(18,19)20)23-16-22-9-15-11(6-8-26(15)25-16)12-4-5-13-14(24-12)3-2-7-21-13/h2-10H,1H3,(H,23,25)/t10-/m1/s1. The van der Waals surface area contributed by atoms with Gasteiger partial charge in [-0.25, -0.2) is 14.5 Å². The zero-order valence-corrected chi connectivity index (χ0v) is 13.6. The maximum Gasteiger partial charge on any atom is 0.408 e. The highest BCUT2D eigenvalue weighted by atomic mass is 19.4. The summed E-state index contributed by atoms with van der Waals surface area (Å²) in [6, 6.07) is 7.42. The van der Waals surface area contributed by atoms with Gasteiger partial charge in [0.05, 0.1) is 28.4 Å². The number of anilines is 1. The van der Waals surface area contributed by atoms with Crippen LogP contribution in [0.15, 0.2) is 48.9 Å². The fourth-order valence-electron chi connectivity index (χ4n) is 2.57. The molecule has 1 N–H and O–H groups in total. The molecule has 6 nitrogen and oxygen atoms in total. The molecule has 0 bridgehead atoms. The fourth-order valence-corrected chi connectivity index (χ4v) is 2.57. The molecule has 4 heterocycles. The number of fused-ring (bicyclic) bond motifs is 2. The first-order valence-electron chi connectivity index (χ1n) is 7.81. The van der Waals surface area contributed by atoms with Gasteiger partial charge < -0.3 is 5.32 Å². The van der Waals surface area contributed by atoms with Gasteiger partial charge in [0.1, 0.15) is 6.04 Å². The zero-order valence-electron chi connectivity index (χ0n) is 13.6. The topological polar surface area (TPSA) is 68.0 Å². The number of hydrogen-bond donors (Lipinski definition) is 1. The van der Waals surface area contributed by atoms with Crippen LogP contribution in [-0.2, 0) is 0 Å². The van der Waals surface area contributed by atoms with Crippen LogP contribution in [0.1, 0.15) is 6.92 Å². The summed E-state index contributed by atoms with van der Waals surface area (Å²) in [4.78, 5) is 12.8. The Bertz CT molecular complexity index is 1090. The van der Waals surface area contributed by atoms with Gasteiger partial charge in [-0.15, -0.1) is 5.10 Å². The van der Waals surface area contributed by atoms with Crippen LogP contribution in [0.5, 0.6) is 0 Å². The van der Waals surface area contributed by atoms with E-state index in [1.807, 2.05) is 18.2 Å². The lowest BCUT2D eigenvalue weighted by atomic mass is 10.1. The van der Waals surface area contributed by atoms with Crippen molar-refractivity contribution in [2.24, 2.45) is 0 Å². The van der Waals surface area contributed by atoms with E-state index in [1.54, 1.807) is 24.5 Å². The molecular weight excluding hydrogens is 345 g/mol. The summed E-state index contributed by atoms with van der Waals surface area (Å²) in [7, 11) is 0. The minimum atomic E-state index is -4.37. The maximum absolute atomic E-state index is 12.7. The molecule has 0 fully saturated rings. The lowest BCUT2D eigenvalue weighted by Gasteiger charge is -2.16. The largest absolute Gasteiger partial charge is 0.408 e. The summed E-state index contributed by atoms with van der Waals surface area (Å²) >= 11 is 0. The second-order valence-corrected chi connectivity index (χ2v) is 5.79. The van der Waals surface area contributed by atoms with Crippen LogP contribution >= 0.6 is 0 Å². The number of pyridine rings is 2. The van der Waals surface area contributed by atoms with Gasteiger partial charge in [0.25, 0.3) is 0 Å². The highest BCUT2D eigenvalue weighted by Crippen LogP contribution is 2.26. The molecule has 0 saturated carbocycles. The maximum atomic E-state index is 12.7. The van der Waals surface area contributed by atoms with Crippen molar-refractivity contribution < 1.29 is 13.2 Å². The van der Waals surface area contributed by atoms with Crippen molar-refractivity contribution >= 4 is 22.5 Å². The van der Waals surface area contributed by atoms with Crippen LogP contribution < -0.4 is 5.32 Å². The van der Waals surface area contributed by atoms with Gasteiger partial charge in [0, 0.05) is 18.0 Å². The van der Waals surface area contributed by atoms with Gasteiger partial charge in [0.15, 0.2) is 0 Å². The number of halogens is 3. The predicted octanol–water partition coefficient (Wildman–Crippen LogP) is 3.70. The third-order valence-corrected chi connectivity index (χ3v) is 3.99. The van der Waals surface area contributed by atoms with Crippen molar-refractivity contribution in [2.45, 2.75) is 19.1 Å². The smallest absolute Gasteiger partial charge is 0.341 e. The third kappa shape index (κ3) is 2.92. The molecule has 0 aliphatic rings. The Morgan fingerprint density at radius 1 is 1.08 bits per heavy atom. The number of alkyl halides is 3. The Labute approximate surface area is 145 Å². The molecular formula is C17H13F3N6. The van der Waals surface area contributed by atoms with E-state index in [-0.39, 0.29) is 5.95 Å². The number of nitrogens with one attached hydrogen (secondary N) is 1. The quantitative estimate of drug-likeness (QED) is 0.605. The Balaban J connectivity index is 1.71. The second kappa shape index (κ2) is 5.94. The highest BCUT2D eigenvalue weighted by molar-refractivity contribution is 5.83. The first kappa shape index (κ1) is 16.2. The average molecular weight is 358 g/mol. The fraction of sp³-hybridized carbons (Fsp3) is 0.176. The van der Waals surface area contributed by atoms with Gasteiger partial charge in [-0.05, 0) is 37.3 Å². The van der Waals surface area contributed by atoms with E-state index in [0.29, 0.717) is 11.2 Å². The molecule has 4 aromatic rings. The number of nitrogens with zero attached hydrogens (tertiary/aromatic N) is 5. The zero-order chi connectivity index (χ0) is 18.3. The summed E-state index contributed by atoms with van der Waals surface area (Å²) < 4.78 is 39.5. The molecule has 0 unspecified atom stereocenters. The summed E-state index contributed by atoms with van der Waals surface area (Å²) in [5, 5.41) is 6.35. The van der Waals surface area contributed by atoms with Crippen molar-refractivity contribution in [3.05, 3.63) is 48.9 Å². The molecule has 0 amide bonds. The van der Waals surface area contributed by atoms with E-state index in [2.05, 4.69) is 25.4 Å². The van der Waals surface area contributed by atoms with Crippen LogP contribution in [0.3, 0.4) is 0 Å². The molecule has 0 saturated heterocycles. The van der Waals surface area contributed by atoms with Crippen LogP contribution in [0.25, 0.3) is 27.8 Å². The molecule has 132 valence electrons. The van der Waals surface area contributed by atoms with Crippen LogP contribution in [-0.4, -0.2) is 36.8 Å². The minimum absolute atomic E-state index is 0.0971. The van der Waals surface area contributed by atoms with Gasteiger partial charge in [-0.2, -0.15) is 13.2 Å². The minimum Gasteiger partial charge on any atom is -0.341 e. The van der Waals surface area contributed by atoms with E-state index in [4.69, 9.17) is 0 Å². The first-order valence-corrected chi connectivity index (χ1v) is 7.81. The first-order chi connectivity index (χ1) is 12.4. The molecule has 0 radical (unpaired) electrons. The van der Waals surface area contributed by atoms with Crippen molar-refractivity contribution in [1.29, 1.82) is 0 Å². The molecule has 1 atom stereocenters. The molecule has 26 heavy (non-hydrogen) atoms. The highest BCUT2D eigenvalue weighted by Gasteiger charge is 2.36. The Morgan fingerprint density at radius 3 is 2.73 bits per heavy atom. The number of hydrogen-bond acceptors (Lipinski definition) is 5. The third-order valence-electron chi connectivity index (χ3n) is 3.99. The molecule has 0 aliphatic carbocycles. The van der Waals surface area contributed by atoms with Crippen molar-refractivity contribution in [3.63, 3.8) is 0 Å². The van der Waals surface area contributed by atoms with E-state index in [1.165, 1.54) is 10.7 Å². The van der Waals surface area contributed by atoms with E-state index in [9.17, 15) is 13.2 Å². The molecule has 4 rings (SSSR count). The number of aromatic nitrogens is 5. The molecule has 9 heteroatoms.